The minimum atomic E-state index is -0.270. The number of amides is 2. The Morgan fingerprint density at radius 2 is 1.64 bits per heavy atom. The second kappa shape index (κ2) is 9.53. The Morgan fingerprint density at radius 1 is 1.00 bits per heavy atom. The second-order valence-electron chi connectivity index (χ2n) is 6.78. The molecule has 1 heterocycles. The number of nitrogens with one attached hydrogen (secondary N) is 1. The van der Waals surface area contributed by atoms with Crippen molar-refractivity contribution in [3.05, 3.63) is 77.3 Å². The first kappa shape index (κ1) is 20.1. The van der Waals surface area contributed by atoms with Crippen molar-refractivity contribution >= 4 is 29.1 Å². The standard InChI is InChI=1S/C22H24ClN3O2/c1-2-21(27)24-20-9-5-18(6-10-20)22(28)26-15-13-25(14-16-26)12-11-17-3-7-19(23)8-4-17/h2-10H,1,11-16H2,(H,24,27). The second-order valence-corrected chi connectivity index (χ2v) is 7.22. The molecule has 28 heavy (non-hydrogen) atoms. The molecular formula is C22H24ClN3O2. The molecule has 1 aliphatic rings. The third-order valence-electron chi connectivity index (χ3n) is 4.87. The predicted octanol–water partition coefficient (Wildman–Crippen LogP) is 3.47. The normalized spacial score (nSPS) is 14.5. The van der Waals surface area contributed by atoms with Gasteiger partial charge in [-0.2, -0.15) is 0 Å². The van der Waals surface area contributed by atoms with Gasteiger partial charge in [0.25, 0.3) is 5.91 Å². The summed E-state index contributed by atoms with van der Waals surface area (Å²) < 4.78 is 0. The third-order valence-corrected chi connectivity index (χ3v) is 5.13. The molecule has 1 saturated heterocycles. The van der Waals surface area contributed by atoms with Crippen molar-refractivity contribution in [1.82, 2.24) is 9.80 Å². The number of hydrogen-bond donors (Lipinski definition) is 1. The van der Waals surface area contributed by atoms with Gasteiger partial charge in [0.15, 0.2) is 0 Å². The van der Waals surface area contributed by atoms with E-state index in [-0.39, 0.29) is 11.8 Å². The molecule has 0 aliphatic carbocycles. The zero-order valence-corrected chi connectivity index (χ0v) is 16.5. The largest absolute Gasteiger partial charge is 0.336 e. The molecule has 2 aromatic rings. The van der Waals surface area contributed by atoms with Gasteiger partial charge in [0.2, 0.25) is 5.91 Å². The highest BCUT2D eigenvalue weighted by Crippen LogP contribution is 2.14. The number of halogens is 1. The van der Waals surface area contributed by atoms with Crippen LogP contribution in [0.15, 0.2) is 61.2 Å². The summed E-state index contributed by atoms with van der Waals surface area (Å²) in [6, 6.07) is 14.9. The number of nitrogens with zero attached hydrogens (tertiary/aromatic N) is 2. The zero-order valence-electron chi connectivity index (χ0n) is 15.7. The Bertz CT molecular complexity index is 826. The topological polar surface area (TPSA) is 52.7 Å². The van der Waals surface area contributed by atoms with Gasteiger partial charge >= 0.3 is 0 Å². The SMILES string of the molecule is C=CC(=O)Nc1ccc(C(=O)N2CCN(CCc3ccc(Cl)cc3)CC2)cc1. The van der Waals surface area contributed by atoms with E-state index in [1.807, 2.05) is 17.0 Å². The molecule has 1 N–H and O–H groups in total. The van der Waals surface area contributed by atoms with Crippen LogP contribution in [0.3, 0.4) is 0 Å². The van der Waals surface area contributed by atoms with Crippen molar-refractivity contribution in [3.63, 3.8) is 0 Å². The maximum absolute atomic E-state index is 12.7. The molecule has 2 amide bonds. The first-order valence-electron chi connectivity index (χ1n) is 9.35. The smallest absolute Gasteiger partial charge is 0.253 e. The Morgan fingerprint density at radius 3 is 2.25 bits per heavy atom. The van der Waals surface area contributed by atoms with Crippen LogP contribution in [0.25, 0.3) is 0 Å². The van der Waals surface area contributed by atoms with Gasteiger partial charge < -0.3 is 10.2 Å². The first-order valence-corrected chi connectivity index (χ1v) is 9.72. The fourth-order valence-electron chi connectivity index (χ4n) is 3.18. The van der Waals surface area contributed by atoms with Gasteiger partial charge in [-0.15, -0.1) is 0 Å². The fraction of sp³-hybridized carbons (Fsp3) is 0.273. The number of carbonyl (C=O) groups excluding carboxylic acids is 2. The minimum absolute atomic E-state index is 0.0268. The van der Waals surface area contributed by atoms with Crippen LogP contribution in [0.5, 0.6) is 0 Å². The average Bonchev–Trinajstić information content (AvgIpc) is 2.73. The zero-order chi connectivity index (χ0) is 19.9. The summed E-state index contributed by atoms with van der Waals surface area (Å²) >= 11 is 5.92. The molecule has 0 atom stereocenters. The van der Waals surface area contributed by atoms with E-state index in [0.29, 0.717) is 24.3 Å². The van der Waals surface area contributed by atoms with Crippen LogP contribution in [-0.2, 0) is 11.2 Å². The van der Waals surface area contributed by atoms with Crippen molar-refractivity contribution in [2.24, 2.45) is 0 Å². The average molecular weight is 398 g/mol. The minimum Gasteiger partial charge on any atom is -0.336 e. The van der Waals surface area contributed by atoms with Gasteiger partial charge in [0.1, 0.15) is 0 Å². The summed E-state index contributed by atoms with van der Waals surface area (Å²) in [6.07, 6.45) is 2.19. The van der Waals surface area contributed by atoms with E-state index < -0.39 is 0 Å². The number of rotatable bonds is 6. The molecule has 0 spiro atoms. The van der Waals surface area contributed by atoms with Crippen molar-refractivity contribution in [3.8, 4) is 0 Å². The van der Waals surface area contributed by atoms with Gasteiger partial charge in [0.05, 0.1) is 0 Å². The molecule has 1 aliphatic heterocycles. The number of piperazine rings is 1. The van der Waals surface area contributed by atoms with E-state index in [9.17, 15) is 9.59 Å². The quantitative estimate of drug-likeness (QED) is 0.759. The van der Waals surface area contributed by atoms with Crippen molar-refractivity contribution < 1.29 is 9.59 Å². The molecular weight excluding hydrogens is 374 g/mol. The van der Waals surface area contributed by atoms with Crippen LogP contribution in [0.4, 0.5) is 5.69 Å². The molecule has 0 aromatic heterocycles. The lowest BCUT2D eigenvalue weighted by Gasteiger charge is -2.34. The molecule has 0 bridgehead atoms. The van der Waals surface area contributed by atoms with E-state index in [1.54, 1.807) is 24.3 Å². The van der Waals surface area contributed by atoms with Gasteiger partial charge in [-0.25, -0.2) is 0 Å². The van der Waals surface area contributed by atoms with Crippen molar-refractivity contribution in [2.45, 2.75) is 6.42 Å². The maximum atomic E-state index is 12.7. The predicted molar refractivity (Wildman–Crippen MR) is 113 cm³/mol. The Balaban J connectivity index is 1.47. The van der Waals surface area contributed by atoms with Gasteiger partial charge in [-0.1, -0.05) is 30.3 Å². The van der Waals surface area contributed by atoms with Gasteiger partial charge in [-0.05, 0) is 54.5 Å². The Labute approximate surface area is 170 Å². The van der Waals surface area contributed by atoms with Crippen LogP contribution in [0, 0.1) is 0 Å². The number of carbonyl (C=O) groups is 2. The molecule has 5 nitrogen and oxygen atoms in total. The summed E-state index contributed by atoms with van der Waals surface area (Å²) in [5.74, 6) is -0.243. The molecule has 3 rings (SSSR count). The summed E-state index contributed by atoms with van der Waals surface area (Å²) in [4.78, 5) is 28.3. The monoisotopic (exact) mass is 397 g/mol. The van der Waals surface area contributed by atoms with Crippen LogP contribution < -0.4 is 5.32 Å². The van der Waals surface area contributed by atoms with E-state index in [2.05, 4.69) is 28.9 Å². The molecule has 146 valence electrons. The third kappa shape index (κ3) is 5.44. The first-order chi connectivity index (χ1) is 13.5. The van der Waals surface area contributed by atoms with E-state index >= 15 is 0 Å². The van der Waals surface area contributed by atoms with E-state index in [0.717, 1.165) is 31.1 Å². The van der Waals surface area contributed by atoms with Crippen LogP contribution in [0.1, 0.15) is 15.9 Å². The maximum Gasteiger partial charge on any atom is 0.253 e. The number of anilines is 1. The lowest BCUT2D eigenvalue weighted by atomic mass is 10.1. The molecule has 6 heteroatoms. The summed E-state index contributed by atoms with van der Waals surface area (Å²) in [6.45, 7) is 7.56. The molecule has 0 unspecified atom stereocenters. The molecule has 0 saturated carbocycles. The lowest BCUT2D eigenvalue weighted by Crippen LogP contribution is -2.49. The van der Waals surface area contributed by atoms with Crippen molar-refractivity contribution in [1.29, 1.82) is 0 Å². The molecule has 1 fully saturated rings. The highest BCUT2D eigenvalue weighted by Gasteiger charge is 2.21. The van der Waals surface area contributed by atoms with Gasteiger partial charge in [-0.3, -0.25) is 14.5 Å². The summed E-state index contributed by atoms with van der Waals surface area (Å²) in [7, 11) is 0. The highest BCUT2D eigenvalue weighted by molar-refractivity contribution is 6.30. The van der Waals surface area contributed by atoms with Gasteiger partial charge in [0, 0.05) is 49.0 Å². The van der Waals surface area contributed by atoms with Crippen LogP contribution in [-0.4, -0.2) is 54.3 Å². The van der Waals surface area contributed by atoms with Crippen molar-refractivity contribution in [2.75, 3.05) is 38.0 Å². The highest BCUT2D eigenvalue weighted by atomic mass is 35.5. The summed E-state index contributed by atoms with van der Waals surface area (Å²) in [5.41, 5.74) is 2.55. The lowest BCUT2D eigenvalue weighted by molar-refractivity contribution is -0.111. The van der Waals surface area contributed by atoms with E-state index in [1.165, 1.54) is 11.6 Å². The van der Waals surface area contributed by atoms with Crippen LogP contribution >= 0.6 is 11.6 Å². The molecule has 0 radical (unpaired) electrons. The van der Waals surface area contributed by atoms with E-state index in [4.69, 9.17) is 11.6 Å². The molecule has 2 aromatic carbocycles. The van der Waals surface area contributed by atoms with Crippen LogP contribution in [0.2, 0.25) is 5.02 Å². The number of benzene rings is 2. The summed E-state index contributed by atoms with van der Waals surface area (Å²) in [5, 5.41) is 3.43. The Hall–Kier alpha value is -2.63. The fourth-order valence-corrected chi connectivity index (χ4v) is 3.31. The Kier molecular flexibility index (Phi) is 6.85. The number of hydrogen-bond acceptors (Lipinski definition) is 3.